The van der Waals surface area contributed by atoms with Gasteiger partial charge in [0, 0.05) is 17.7 Å². The van der Waals surface area contributed by atoms with Crippen molar-refractivity contribution in [2.24, 2.45) is 5.73 Å². The van der Waals surface area contributed by atoms with E-state index >= 15 is 0 Å². The zero-order chi connectivity index (χ0) is 14.7. The molecule has 2 aromatic carbocycles. The minimum atomic E-state index is -0.965. The summed E-state index contributed by atoms with van der Waals surface area (Å²) in [7, 11) is 0. The fourth-order valence-electron chi connectivity index (χ4n) is 2.20. The molecule has 20 heavy (non-hydrogen) atoms. The first-order valence-corrected chi connectivity index (χ1v) is 6.51. The second-order valence-electron chi connectivity index (χ2n) is 4.75. The SMILES string of the molecule is CCCc1ccc(C(N)c2c(F)cc(F)cc2F)cc1. The Labute approximate surface area is 116 Å². The molecule has 1 atom stereocenters. The van der Waals surface area contributed by atoms with Crippen LogP contribution in [-0.4, -0.2) is 0 Å². The van der Waals surface area contributed by atoms with E-state index in [1.165, 1.54) is 0 Å². The lowest BCUT2D eigenvalue weighted by molar-refractivity contribution is 0.515. The molecule has 0 saturated heterocycles. The van der Waals surface area contributed by atoms with Gasteiger partial charge in [0.2, 0.25) is 0 Å². The third-order valence-corrected chi connectivity index (χ3v) is 3.23. The molecular weight excluding hydrogens is 263 g/mol. The van der Waals surface area contributed by atoms with E-state index in [2.05, 4.69) is 6.92 Å². The van der Waals surface area contributed by atoms with Crippen molar-refractivity contribution >= 4 is 0 Å². The molecule has 2 N–H and O–H groups in total. The summed E-state index contributed by atoms with van der Waals surface area (Å²) >= 11 is 0. The molecule has 0 fully saturated rings. The number of rotatable bonds is 4. The smallest absolute Gasteiger partial charge is 0.134 e. The average molecular weight is 279 g/mol. The lowest BCUT2D eigenvalue weighted by Crippen LogP contribution is -2.16. The fourth-order valence-corrected chi connectivity index (χ4v) is 2.20. The van der Waals surface area contributed by atoms with Crippen molar-refractivity contribution < 1.29 is 13.2 Å². The van der Waals surface area contributed by atoms with Crippen LogP contribution in [0.25, 0.3) is 0 Å². The standard InChI is InChI=1S/C16H16F3N/c1-2-3-10-4-6-11(7-5-10)16(20)15-13(18)8-12(17)9-14(15)19/h4-9,16H,2-3,20H2,1H3. The van der Waals surface area contributed by atoms with Crippen LogP contribution in [0.3, 0.4) is 0 Å². The van der Waals surface area contributed by atoms with Crippen LogP contribution in [0.15, 0.2) is 36.4 Å². The Morgan fingerprint density at radius 3 is 2.05 bits per heavy atom. The summed E-state index contributed by atoms with van der Waals surface area (Å²) in [5.74, 6) is -2.88. The number of nitrogens with two attached hydrogens (primary N) is 1. The van der Waals surface area contributed by atoms with Gasteiger partial charge in [0.05, 0.1) is 6.04 Å². The molecule has 0 saturated carbocycles. The summed E-state index contributed by atoms with van der Waals surface area (Å²) in [6.45, 7) is 2.07. The van der Waals surface area contributed by atoms with E-state index in [0.29, 0.717) is 17.7 Å². The van der Waals surface area contributed by atoms with Gasteiger partial charge in [0.25, 0.3) is 0 Å². The molecule has 1 unspecified atom stereocenters. The van der Waals surface area contributed by atoms with Crippen LogP contribution in [0.1, 0.15) is 36.1 Å². The van der Waals surface area contributed by atoms with Gasteiger partial charge in [-0.25, -0.2) is 13.2 Å². The van der Waals surface area contributed by atoms with Crippen molar-refractivity contribution in [1.82, 2.24) is 0 Å². The second-order valence-corrected chi connectivity index (χ2v) is 4.75. The van der Waals surface area contributed by atoms with Crippen molar-refractivity contribution in [3.05, 3.63) is 70.5 Å². The van der Waals surface area contributed by atoms with E-state index in [-0.39, 0.29) is 5.56 Å². The molecule has 0 amide bonds. The third kappa shape index (κ3) is 3.02. The summed E-state index contributed by atoms with van der Waals surface area (Å²) in [5.41, 5.74) is 7.31. The highest BCUT2D eigenvalue weighted by Gasteiger charge is 2.19. The highest BCUT2D eigenvalue weighted by atomic mass is 19.1. The van der Waals surface area contributed by atoms with Crippen molar-refractivity contribution in [3.63, 3.8) is 0 Å². The molecule has 0 bridgehead atoms. The predicted molar refractivity (Wildman–Crippen MR) is 72.8 cm³/mol. The first kappa shape index (κ1) is 14.6. The molecule has 0 aliphatic heterocycles. The highest BCUT2D eigenvalue weighted by molar-refractivity contribution is 5.35. The van der Waals surface area contributed by atoms with Gasteiger partial charge in [-0.05, 0) is 17.5 Å². The fraction of sp³-hybridized carbons (Fsp3) is 0.250. The molecule has 1 nitrogen and oxygen atoms in total. The minimum Gasteiger partial charge on any atom is -0.320 e. The monoisotopic (exact) mass is 279 g/mol. The Morgan fingerprint density at radius 1 is 1.00 bits per heavy atom. The first-order valence-electron chi connectivity index (χ1n) is 6.51. The van der Waals surface area contributed by atoms with E-state index in [0.717, 1.165) is 18.4 Å². The Morgan fingerprint density at radius 2 is 1.55 bits per heavy atom. The summed E-state index contributed by atoms with van der Waals surface area (Å²) in [4.78, 5) is 0. The molecule has 0 aliphatic rings. The van der Waals surface area contributed by atoms with Crippen molar-refractivity contribution in [3.8, 4) is 0 Å². The van der Waals surface area contributed by atoms with Crippen LogP contribution in [0, 0.1) is 17.5 Å². The molecule has 0 spiro atoms. The lowest BCUT2D eigenvalue weighted by Gasteiger charge is -2.15. The van der Waals surface area contributed by atoms with E-state index < -0.39 is 23.5 Å². The highest BCUT2D eigenvalue weighted by Crippen LogP contribution is 2.26. The van der Waals surface area contributed by atoms with Crippen LogP contribution in [0.4, 0.5) is 13.2 Å². The number of hydrogen-bond donors (Lipinski definition) is 1. The Balaban J connectivity index is 2.33. The third-order valence-electron chi connectivity index (χ3n) is 3.23. The van der Waals surface area contributed by atoms with Crippen molar-refractivity contribution in [1.29, 1.82) is 0 Å². The zero-order valence-electron chi connectivity index (χ0n) is 11.2. The van der Waals surface area contributed by atoms with Gasteiger partial charge in [0.1, 0.15) is 17.5 Å². The van der Waals surface area contributed by atoms with E-state index in [1.807, 2.05) is 12.1 Å². The maximum Gasteiger partial charge on any atom is 0.134 e. The van der Waals surface area contributed by atoms with Gasteiger partial charge >= 0.3 is 0 Å². The van der Waals surface area contributed by atoms with Crippen molar-refractivity contribution in [2.75, 3.05) is 0 Å². The molecule has 2 rings (SSSR count). The molecule has 0 aromatic heterocycles. The van der Waals surface area contributed by atoms with Gasteiger partial charge in [-0.2, -0.15) is 0 Å². The van der Waals surface area contributed by atoms with E-state index in [4.69, 9.17) is 5.73 Å². The summed E-state index contributed by atoms with van der Waals surface area (Å²) in [6, 6.07) is 7.60. The quantitative estimate of drug-likeness (QED) is 0.895. The maximum absolute atomic E-state index is 13.7. The normalized spacial score (nSPS) is 12.4. The maximum atomic E-state index is 13.7. The molecule has 0 heterocycles. The largest absolute Gasteiger partial charge is 0.320 e. The molecule has 106 valence electrons. The van der Waals surface area contributed by atoms with Crippen LogP contribution < -0.4 is 5.73 Å². The molecule has 0 aliphatic carbocycles. The first-order chi connectivity index (χ1) is 9.52. The minimum absolute atomic E-state index is 0.311. The summed E-state index contributed by atoms with van der Waals surface area (Å²) < 4.78 is 40.3. The summed E-state index contributed by atoms with van der Waals surface area (Å²) in [5, 5.41) is 0. The van der Waals surface area contributed by atoms with Gasteiger partial charge < -0.3 is 5.73 Å². The zero-order valence-corrected chi connectivity index (χ0v) is 11.2. The molecule has 4 heteroatoms. The number of benzene rings is 2. The number of hydrogen-bond acceptors (Lipinski definition) is 1. The molecule has 2 aromatic rings. The van der Waals surface area contributed by atoms with Crippen molar-refractivity contribution in [2.45, 2.75) is 25.8 Å². The topological polar surface area (TPSA) is 26.0 Å². The van der Waals surface area contributed by atoms with Gasteiger partial charge in [0.15, 0.2) is 0 Å². The van der Waals surface area contributed by atoms with Crippen LogP contribution in [0.5, 0.6) is 0 Å². The number of aryl methyl sites for hydroxylation is 1. The van der Waals surface area contributed by atoms with Crippen LogP contribution in [-0.2, 0) is 6.42 Å². The molecule has 0 radical (unpaired) electrons. The number of halogens is 3. The molecular formula is C16H16F3N. The Kier molecular flexibility index (Phi) is 4.45. The summed E-state index contributed by atoms with van der Waals surface area (Å²) in [6.07, 6.45) is 1.96. The van der Waals surface area contributed by atoms with Crippen LogP contribution >= 0.6 is 0 Å². The van der Waals surface area contributed by atoms with E-state index in [1.54, 1.807) is 12.1 Å². The predicted octanol–water partition coefficient (Wildman–Crippen LogP) is 4.10. The Bertz CT molecular complexity index is 570. The average Bonchev–Trinajstić information content (AvgIpc) is 2.38. The second kappa shape index (κ2) is 6.09. The lowest BCUT2D eigenvalue weighted by atomic mass is 9.97. The van der Waals surface area contributed by atoms with Gasteiger partial charge in [-0.15, -0.1) is 0 Å². The van der Waals surface area contributed by atoms with Gasteiger partial charge in [-0.1, -0.05) is 37.6 Å². The Hall–Kier alpha value is -1.81. The van der Waals surface area contributed by atoms with Gasteiger partial charge in [-0.3, -0.25) is 0 Å². The van der Waals surface area contributed by atoms with Crippen LogP contribution in [0.2, 0.25) is 0 Å². The van der Waals surface area contributed by atoms with E-state index in [9.17, 15) is 13.2 Å².